The lowest BCUT2D eigenvalue weighted by molar-refractivity contribution is 0.141. The molecule has 1 aliphatic heterocycles. The maximum atomic E-state index is 9.59. The molecule has 0 atom stereocenters. The van der Waals surface area contributed by atoms with Crippen molar-refractivity contribution < 1.29 is 0 Å². The molecular weight excluding hydrogens is 344 g/mol. The summed E-state index contributed by atoms with van der Waals surface area (Å²) in [6.07, 6.45) is 14.0. The quantitative estimate of drug-likeness (QED) is 0.755. The topological polar surface area (TPSA) is 52.0 Å². The van der Waals surface area contributed by atoms with Gasteiger partial charge in [0.05, 0.1) is 5.56 Å². The first-order chi connectivity index (χ1) is 12.8. The Labute approximate surface area is 161 Å². The third-order valence-corrected chi connectivity index (χ3v) is 6.80. The molecule has 0 radical (unpaired) electrons. The average molecular weight is 373 g/mol. The summed E-state index contributed by atoms with van der Waals surface area (Å²) >= 11 is 6.38. The van der Waals surface area contributed by atoms with E-state index in [0.29, 0.717) is 22.8 Å². The SMILES string of the molecule is N#Cc1c(Cl)nc(NC2CCCCC2)c2c1CCN(C1CCCCC1)C2. The summed E-state index contributed by atoms with van der Waals surface area (Å²) in [7, 11) is 0. The number of nitrogens with zero attached hydrogens (tertiary/aromatic N) is 3. The molecule has 3 aliphatic rings. The van der Waals surface area contributed by atoms with E-state index < -0.39 is 0 Å². The molecule has 26 heavy (non-hydrogen) atoms. The van der Waals surface area contributed by atoms with Gasteiger partial charge in [-0.1, -0.05) is 50.1 Å². The summed E-state index contributed by atoms with van der Waals surface area (Å²) in [6.45, 7) is 1.95. The van der Waals surface area contributed by atoms with Gasteiger partial charge in [-0.25, -0.2) is 4.98 Å². The first kappa shape index (κ1) is 18.1. The number of rotatable bonds is 3. The molecule has 0 amide bonds. The van der Waals surface area contributed by atoms with Crippen molar-refractivity contribution in [2.45, 2.75) is 89.3 Å². The fourth-order valence-electron chi connectivity index (χ4n) is 5.05. The Kier molecular flexibility index (Phi) is 5.66. The third-order valence-electron chi connectivity index (χ3n) is 6.53. The van der Waals surface area contributed by atoms with Crippen molar-refractivity contribution >= 4 is 17.4 Å². The minimum Gasteiger partial charge on any atom is -0.367 e. The molecule has 0 unspecified atom stereocenters. The zero-order valence-electron chi connectivity index (χ0n) is 15.6. The van der Waals surface area contributed by atoms with E-state index in [9.17, 15) is 5.26 Å². The Balaban J connectivity index is 1.62. The molecule has 1 aromatic rings. The van der Waals surface area contributed by atoms with Gasteiger partial charge in [0, 0.05) is 30.7 Å². The van der Waals surface area contributed by atoms with Crippen molar-refractivity contribution in [2.75, 3.05) is 11.9 Å². The van der Waals surface area contributed by atoms with Crippen LogP contribution < -0.4 is 5.32 Å². The molecule has 5 heteroatoms. The van der Waals surface area contributed by atoms with Gasteiger partial charge in [-0.2, -0.15) is 5.26 Å². The Morgan fingerprint density at radius 3 is 2.38 bits per heavy atom. The van der Waals surface area contributed by atoms with Crippen LogP contribution in [0.25, 0.3) is 0 Å². The van der Waals surface area contributed by atoms with Crippen LogP contribution in [0.2, 0.25) is 5.15 Å². The van der Waals surface area contributed by atoms with Gasteiger partial charge >= 0.3 is 0 Å². The third kappa shape index (κ3) is 3.70. The van der Waals surface area contributed by atoms with Gasteiger partial charge in [0.1, 0.15) is 17.0 Å². The van der Waals surface area contributed by atoms with Crippen LogP contribution in [-0.2, 0) is 13.0 Å². The van der Waals surface area contributed by atoms with Crippen LogP contribution >= 0.6 is 11.6 Å². The lowest BCUT2D eigenvalue weighted by Crippen LogP contribution is -2.41. The van der Waals surface area contributed by atoms with E-state index in [1.54, 1.807) is 0 Å². The Hall–Kier alpha value is -1.31. The van der Waals surface area contributed by atoms with Gasteiger partial charge in [-0.05, 0) is 37.7 Å². The Morgan fingerprint density at radius 1 is 1.00 bits per heavy atom. The highest BCUT2D eigenvalue weighted by Crippen LogP contribution is 2.35. The first-order valence-corrected chi connectivity index (χ1v) is 10.8. The maximum Gasteiger partial charge on any atom is 0.149 e. The molecular formula is C21H29ClN4. The van der Waals surface area contributed by atoms with E-state index in [-0.39, 0.29) is 0 Å². The van der Waals surface area contributed by atoms with E-state index in [1.807, 2.05) is 0 Å². The molecule has 1 aromatic heterocycles. The fourth-order valence-corrected chi connectivity index (χ4v) is 5.30. The standard InChI is InChI=1S/C21H29ClN4/c22-20-18(13-23)17-11-12-26(16-9-5-2-6-10-16)14-19(17)21(25-20)24-15-7-3-1-4-8-15/h15-16H,1-12,14H2,(H,24,25). The zero-order chi connectivity index (χ0) is 17.9. The van der Waals surface area contributed by atoms with Gasteiger partial charge in [0.25, 0.3) is 0 Å². The van der Waals surface area contributed by atoms with E-state index in [2.05, 4.69) is 21.3 Å². The lowest BCUT2D eigenvalue weighted by atomic mass is 9.90. The van der Waals surface area contributed by atoms with E-state index in [4.69, 9.17) is 11.6 Å². The Morgan fingerprint density at radius 2 is 1.69 bits per heavy atom. The first-order valence-electron chi connectivity index (χ1n) is 10.4. The van der Waals surface area contributed by atoms with Crippen molar-refractivity contribution in [3.8, 4) is 6.07 Å². The molecule has 0 aromatic carbocycles. The van der Waals surface area contributed by atoms with Crippen molar-refractivity contribution in [1.29, 1.82) is 5.26 Å². The van der Waals surface area contributed by atoms with Gasteiger partial charge in [0.15, 0.2) is 0 Å². The number of hydrogen-bond acceptors (Lipinski definition) is 4. The molecule has 4 nitrogen and oxygen atoms in total. The van der Waals surface area contributed by atoms with Crippen molar-refractivity contribution in [1.82, 2.24) is 9.88 Å². The van der Waals surface area contributed by atoms with Crippen LogP contribution in [0.15, 0.2) is 0 Å². The van der Waals surface area contributed by atoms with Crippen LogP contribution in [0.3, 0.4) is 0 Å². The van der Waals surface area contributed by atoms with E-state index >= 15 is 0 Å². The minimum absolute atomic E-state index is 0.371. The van der Waals surface area contributed by atoms with E-state index in [1.165, 1.54) is 69.8 Å². The number of halogens is 1. The molecule has 2 fully saturated rings. The number of aromatic nitrogens is 1. The number of nitrogens with one attached hydrogen (secondary N) is 1. The number of fused-ring (bicyclic) bond motifs is 1. The predicted octanol–water partition coefficient (Wildman–Crippen LogP) is 5.04. The monoisotopic (exact) mass is 372 g/mol. The summed E-state index contributed by atoms with van der Waals surface area (Å²) in [5, 5.41) is 13.7. The van der Waals surface area contributed by atoms with Gasteiger partial charge in [-0.15, -0.1) is 0 Å². The molecule has 2 heterocycles. The van der Waals surface area contributed by atoms with E-state index in [0.717, 1.165) is 30.9 Å². The highest BCUT2D eigenvalue weighted by molar-refractivity contribution is 6.30. The molecule has 2 saturated carbocycles. The molecule has 0 bridgehead atoms. The van der Waals surface area contributed by atoms with Crippen molar-refractivity contribution in [2.24, 2.45) is 0 Å². The van der Waals surface area contributed by atoms with Gasteiger partial charge in [-0.3, -0.25) is 4.90 Å². The zero-order valence-corrected chi connectivity index (χ0v) is 16.3. The minimum atomic E-state index is 0.371. The molecule has 0 spiro atoms. The summed E-state index contributed by atoms with van der Waals surface area (Å²) in [6, 6.07) is 3.50. The summed E-state index contributed by atoms with van der Waals surface area (Å²) < 4.78 is 0. The lowest BCUT2D eigenvalue weighted by Gasteiger charge is -2.38. The van der Waals surface area contributed by atoms with Crippen molar-refractivity contribution in [3.63, 3.8) is 0 Å². The number of anilines is 1. The summed E-state index contributed by atoms with van der Waals surface area (Å²) in [5.74, 6) is 0.941. The van der Waals surface area contributed by atoms with Crippen LogP contribution in [0, 0.1) is 11.3 Å². The highest BCUT2D eigenvalue weighted by Gasteiger charge is 2.30. The number of nitriles is 1. The summed E-state index contributed by atoms with van der Waals surface area (Å²) in [5.41, 5.74) is 2.96. The second-order valence-corrected chi connectivity index (χ2v) is 8.54. The second-order valence-electron chi connectivity index (χ2n) is 8.19. The van der Waals surface area contributed by atoms with Gasteiger partial charge in [0.2, 0.25) is 0 Å². The molecule has 1 N–H and O–H groups in total. The normalized spacial score (nSPS) is 22.6. The molecule has 2 aliphatic carbocycles. The second kappa shape index (κ2) is 8.15. The highest BCUT2D eigenvalue weighted by atomic mass is 35.5. The maximum absolute atomic E-state index is 9.59. The van der Waals surface area contributed by atoms with Crippen molar-refractivity contribution in [3.05, 3.63) is 21.8 Å². The fraction of sp³-hybridized carbons (Fsp3) is 0.714. The van der Waals surface area contributed by atoms with Crippen LogP contribution in [0.4, 0.5) is 5.82 Å². The Bertz CT molecular complexity index is 684. The van der Waals surface area contributed by atoms with Crippen LogP contribution in [0.1, 0.15) is 80.9 Å². The van der Waals surface area contributed by atoms with Crippen LogP contribution in [-0.4, -0.2) is 28.5 Å². The molecule has 4 rings (SSSR count). The average Bonchev–Trinajstić information content (AvgIpc) is 2.69. The predicted molar refractivity (Wildman–Crippen MR) is 105 cm³/mol. The number of hydrogen-bond donors (Lipinski definition) is 1. The number of pyridine rings is 1. The molecule has 140 valence electrons. The van der Waals surface area contributed by atoms with Gasteiger partial charge < -0.3 is 5.32 Å². The summed E-state index contributed by atoms with van der Waals surface area (Å²) in [4.78, 5) is 7.27. The largest absolute Gasteiger partial charge is 0.367 e. The molecule has 0 saturated heterocycles. The van der Waals surface area contributed by atoms with Crippen LogP contribution in [0.5, 0.6) is 0 Å². The smallest absolute Gasteiger partial charge is 0.149 e.